The number of hydrogen-bond donors (Lipinski definition) is 0. The van der Waals surface area contributed by atoms with Gasteiger partial charge < -0.3 is 19.3 Å². The molecule has 0 bridgehead atoms. The van der Waals surface area contributed by atoms with Crippen LogP contribution in [0, 0.1) is 6.92 Å². The quantitative estimate of drug-likeness (QED) is 0.456. The number of ether oxygens (including phenoxy) is 2. The fraction of sp³-hybridized carbons (Fsp3) is 0.321. The number of nitrogens with zero attached hydrogens (tertiary/aromatic N) is 3. The lowest BCUT2D eigenvalue weighted by Crippen LogP contribution is -2.34. The van der Waals surface area contributed by atoms with Gasteiger partial charge in [-0.15, -0.1) is 0 Å². The summed E-state index contributed by atoms with van der Waals surface area (Å²) >= 11 is 0. The molecule has 33 heavy (non-hydrogen) atoms. The SMILES string of the molecule is CCN(CC)c1ccc(C2(c3ccc(OC)cc3)OC=Nc3cc(N(C)C)c(C)cc32)cc1. The van der Waals surface area contributed by atoms with Crippen LogP contribution in [0.2, 0.25) is 0 Å². The van der Waals surface area contributed by atoms with E-state index in [-0.39, 0.29) is 0 Å². The normalized spacial score (nSPS) is 16.7. The topological polar surface area (TPSA) is 37.3 Å². The predicted octanol–water partition coefficient (Wildman–Crippen LogP) is 5.90. The van der Waals surface area contributed by atoms with E-state index >= 15 is 0 Å². The number of hydrogen-bond acceptors (Lipinski definition) is 5. The largest absolute Gasteiger partial charge is 0.497 e. The highest BCUT2D eigenvalue weighted by Crippen LogP contribution is 2.48. The van der Waals surface area contributed by atoms with Crippen LogP contribution in [0.1, 0.15) is 36.1 Å². The Bertz CT molecular complexity index is 1130. The first-order chi connectivity index (χ1) is 15.9. The second-order valence-electron chi connectivity index (χ2n) is 8.53. The average molecular weight is 444 g/mol. The highest BCUT2D eigenvalue weighted by molar-refractivity contribution is 5.75. The molecule has 0 radical (unpaired) electrons. The summed E-state index contributed by atoms with van der Waals surface area (Å²) in [6.07, 6.45) is 1.58. The first-order valence-corrected chi connectivity index (χ1v) is 11.5. The van der Waals surface area contributed by atoms with Gasteiger partial charge >= 0.3 is 0 Å². The number of benzene rings is 3. The lowest BCUT2D eigenvalue weighted by atomic mass is 9.78. The molecule has 1 aliphatic heterocycles. The molecule has 0 N–H and O–H groups in total. The second kappa shape index (κ2) is 9.18. The second-order valence-corrected chi connectivity index (χ2v) is 8.53. The molecule has 5 nitrogen and oxygen atoms in total. The molecule has 0 aromatic heterocycles. The number of fused-ring (bicyclic) bond motifs is 1. The summed E-state index contributed by atoms with van der Waals surface area (Å²) in [6.45, 7) is 8.43. The first kappa shape index (κ1) is 22.7. The molecule has 1 unspecified atom stereocenters. The Balaban J connectivity index is 1.94. The zero-order valence-electron chi connectivity index (χ0n) is 20.4. The summed E-state index contributed by atoms with van der Waals surface area (Å²) in [6, 6.07) is 21.2. The van der Waals surface area contributed by atoms with Crippen molar-refractivity contribution < 1.29 is 9.47 Å². The van der Waals surface area contributed by atoms with Crippen LogP contribution in [0.25, 0.3) is 0 Å². The Kier molecular flexibility index (Phi) is 6.32. The van der Waals surface area contributed by atoms with Gasteiger partial charge in [-0.2, -0.15) is 0 Å². The number of aryl methyl sites for hydroxylation is 1. The van der Waals surface area contributed by atoms with Crippen LogP contribution in [-0.4, -0.2) is 40.7 Å². The van der Waals surface area contributed by atoms with Crippen LogP contribution in [0.5, 0.6) is 5.75 Å². The maximum atomic E-state index is 6.49. The number of aliphatic imine (C=N–C) groups is 1. The van der Waals surface area contributed by atoms with Crippen LogP contribution < -0.4 is 14.5 Å². The van der Waals surface area contributed by atoms with E-state index in [1.807, 2.05) is 12.1 Å². The number of anilines is 2. The molecule has 0 aliphatic carbocycles. The van der Waals surface area contributed by atoms with E-state index in [4.69, 9.17) is 9.47 Å². The van der Waals surface area contributed by atoms with Gasteiger partial charge in [0.05, 0.1) is 12.8 Å². The van der Waals surface area contributed by atoms with Crippen molar-refractivity contribution in [2.75, 3.05) is 44.1 Å². The van der Waals surface area contributed by atoms with Gasteiger partial charge in [-0.05, 0) is 62.7 Å². The van der Waals surface area contributed by atoms with Gasteiger partial charge in [0.2, 0.25) is 0 Å². The highest BCUT2D eigenvalue weighted by Gasteiger charge is 2.42. The van der Waals surface area contributed by atoms with E-state index in [1.165, 1.54) is 11.3 Å². The minimum absolute atomic E-state index is 0.805. The predicted molar refractivity (Wildman–Crippen MR) is 138 cm³/mol. The summed E-state index contributed by atoms with van der Waals surface area (Å²) < 4.78 is 11.9. The number of rotatable bonds is 7. The molecule has 0 saturated carbocycles. The fourth-order valence-electron chi connectivity index (χ4n) is 4.72. The van der Waals surface area contributed by atoms with E-state index in [9.17, 15) is 0 Å². The van der Waals surface area contributed by atoms with Crippen LogP contribution in [0.15, 0.2) is 65.7 Å². The Hall–Kier alpha value is -3.47. The van der Waals surface area contributed by atoms with Gasteiger partial charge in [-0.3, -0.25) is 0 Å². The van der Waals surface area contributed by atoms with Crippen molar-refractivity contribution in [3.8, 4) is 5.75 Å². The van der Waals surface area contributed by atoms with Gasteiger partial charge in [-0.25, -0.2) is 4.99 Å². The Morgan fingerprint density at radius 3 is 2.06 bits per heavy atom. The van der Waals surface area contributed by atoms with Gasteiger partial charge in [0.1, 0.15) is 5.75 Å². The lowest BCUT2D eigenvalue weighted by Gasteiger charge is -2.38. The maximum Gasteiger partial charge on any atom is 0.187 e. The molecule has 0 amide bonds. The molecule has 5 heteroatoms. The van der Waals surface area contributed by atoms with Gasteiger partial charge in [0.25, 0.3) is 0 Å². The van der Waals surface area contributed by atoms with Crippen molar-refractivity contribution in [3.05, 3.63) is 82.9 Å². The first-order valence-electron chi connectivity index (χ1n) is 11.5. The van der Waals surface area contributed by atoms with Crippen molar-refractivity contribution in [1.82, 2.24) is 0 Å². The molecule has 3 aromatic rings. The molecule has 4 rings (SSSR count). The Labute approximate surface area is 197 Å². The molecule has 0 saturated heterocycles. The summed E-state index contributed by atoms with van der Waals surface area (Å²) in [5.74, 6) is 0.814. The Morgan fingerprint density at radius 2 is 1.52 bits per heavy atom. The molecule has 172 valence electrons. The molecular formula is C28H33N3O2. The zero-order valence-corrected chi connectivity index (χ0v) is 20.4. The van der Waals surface area contributed by atoms with Crippen molar-refractivity contribution in [2.24, 2.45) is 4.99 Å². The summed E-state index contributed by atoms with van der Waals surface area (Å²) in [5, 5.41) is 0. The molecular weight excluding hydrogens is 410 g/mol. The summed E-state index contributed by atoms with van der Waals surface area (Å²) in [5.41, 5.74) is 6.77. The molecule has 1 heterocycles. The van der Waals surface area contributed by atoms with Crippen molar-refractivity contribution in [2.45, 2.75) is 26.4 Å². The van der Waals surface area contributed by atoms with Crippen LogP contribution >= 0.6 is 0 Å². The average Bonchev–Trinajstić information content (AvgIpc) is 2.84. The van der Waals surface area contributed by atoms with Gasteiger partial charge in [0.15, 0.2) is 12.0 Å². The minimum atomic E-state index is -0.805. The third-order valence-corrected chi connectivity index (χ3v) is 6.50. The smallest absolute Gasteiger partial charge is 0.187 e. The minimum Gasteiger partial charge on any atom is -0.497 e. The van der Waals surface area contributed by atoms with Gasteiger partial charge in [-0.1, -0.05) is 24.3 Å². The standard InChI is InChI=1S/C28H33N3O2/c1-7-31(8-2)23-13-9-21(10-14-23)28(22-11-15-24(32-6)16-12-22)25-17-20(3)27(30(4)5)18-26(25)29-19-33-28/h9-19H,7-8H2,1-6H3. The fourth-order valence-corrected chi connectivity index (χ4v) is 4.72. The van der Waals surface area contributed by atoms with Gasteiger partial charge in [0, 0.05) is 55.2 Å². The lowest BCUT2D eigenvalue weighted by molar-refractivity contribution is 0.147. The zero-order chi connectivity index (χ0) is 23.6. The molecule has 1 atom stereocenters. The molecule has 0 fully saturated rings. The maximum absolute atomic E-state index is 6.49. The number of methoxy groups -OCH3 is 1. The third kappa shape index (κ3) is 3.92. The van der Waals surface area contributed by atoms with E-state index in [0.29, 0.717) is 0 Å². The van der Waals surface area contributed by atoms with E-state index < -0.39 is 5.60 Å². The summed E-state index contributed by atoms with van der Waals surface area (Å²) in [7, 11) is 5.79. The van der Waals surface area contributed by atoms with Crippen LogP contribution in [0.4, 0.5) is 17.1 Å². The van der Waals surface area contributed by atoms with E-state index in [0.717, 1.165) is 46.9 Å². The third-order valence-electron chi connectivity index (χ3n) is 6.50. The Morgan fingerprint density at radius 1 is 0.909 bits per heavy atom. The summed E-state index contributed by atoms with van der Waals surface area (Å²) in [4.78, 5) is 9.08. The molecule has 0 spiro atoms. The highest BCUT2D eigenvalue weighted by atomic mass is 16.5. The van der Waals surface area contributed by atoms with E-state index in [2.05, 4.69) is 98.2 Å². The van der Waals surface area contributed by atoms with Crippen molar-refractivity contribution in [3.63, 3.8) is 0 Å². The van der Waals surface area contributed by atoms with Crippen LogP contribution in [-0.2, 0) is 10.3 Å². The van der Waals surface area contributed by atoms with E-state index in [1.54, 1.807) is 13.5 Å². The molecule has 1 aliphatic rings. The van der Waals surface area contributed by atoms with Crippen molar-refractivity contribution >= 4 is 23.5 Å². The van der Waals surface area contributed by atoms with Crippen molar-refractivity contribution in [1.29, 1.82) is 0 Å². The monoisotopic (exact) mass is 443 g/mol. The molecule has 3 aromatic carbocycles. The van der Waals surface area contributed by atoms with Crippen LogP contribution in [0.3, 0.4) is 0 Å².